The molecule has 0 bridgehead atoms. The Balaban J connectivity index is 1.93. The molecule has 0 saturated heterocycles. The van der Waals surface area contributed by atoms with Crippen LogP contribution in [0.25, 0.3) is 0 Å². The van der Waals surface area contributed by atoms with Gasteiger partial charge in [0.15, 0.2) is 6.61 Å². The van der Waals surface area contributed by atoms with E-state index in [-0.39, 0.29) is 30.6 Å². The van der Waals surface area contributed by atoms with Crippen molar-refractivity contribution >= 4 is 17.8 Å². The van der Waals surface area contributed by atoms with Crippen molar-refractivity contribution in [3.05, 3.63) is 35.9 Å². The molecule has 0 unspecified atom stereocenters. The number of benzene rings is 1. The molecule has 1 aromatic carbocycles. The van der Waals surface area contributed by atoms with Gasteiger partial charge in [-0.15, -0.1) is 0 Å². The van der Waals surface area contributed by atoms with E-state index in [4.69, 9.17) is 4.74 Å². The van der Waals surface area contributed by atoms with E-state index in [9.17, 15) is 14.4 Å². The Kier molecular flexibility index (Phi) is 6.63. The first-order valence-electron chi connectivity index (χ1n) is 9.42. The minimum Gasteiger partial charge on any atom is -0.455 e. The number of hydrogen-bond acceptors (Lipinski definition) is 4. The third-order valence-electron chi connectivity index (χ3n) is 4.82. The number of carbonyl (C=O) groups excluding carboxylic acids is 3. The molecule has 0 aromatic heterocycles. The normalized spacial score (nSPS) is 15.9. The molecule has 1 N–H and O–H groups in total. The SMILES string of the molecule is CN(CC(=O)NC(C)(C)C)C(=O)COC(=O)C1(c2ccccc2)CCCC1. The highest BCUT2D eigenvalue weighted by atomic mass is 16.5. The third-order valence-corrected chi connectivity index (χ3v) is 4.82. The predicted octanol–water partition coefficient (Wildman–Crippen LogP) is 2.41. The second-order valence-electron chi connectivity index (χ2n) is 8.28. The van der Waals surface area contributed by atoms with Gasteiger partial charge in [-0.05, 0) is 39.2 Å². The summed E-state index contributed by atoms with van der Waals surface area (Å²) in [6.07, 6.45) is 3.39. The van der Waals surface area contributed by atoms with Gasteiger partial charge in [-0.3, -0.25) is 14.4 Å². The zero-order valence-electron chi connectivity index (χ0n) is 16.7. The summed E-state index contributed by atoms with van der Waals surface area (Å²) in [5, 5.41) is 2.80. The maximum atomic E-state index is 12.8. The van der Waals surface area contributed by atoms with Crippen LogP contribution in [0, 0.1) is 0 Å². The quantitative estimate of drug-likeness (QED) is 0.776. The fourth-order valence-corrected chi connectivity index (χ4v) is 3.48. The van der Waals surface area contributed by atoms with Gasteiger partial charge in [-0.2, -0.15) is 0 Å². The van der Waals surface area contributed by atoms with E-state index in [2.05, 4.69) is 5.32 Å². The van der Waals surface area contributed by atoms with E-state index in [1.165, 1.54) is 11.9 Å². The minimum atomic E-state index is -0.663. The number of esters is 1. The van der Waals surface area contributed by atoms with Gasteiger partial charge >= 0.3 is 5.97 Å². The zero-order chi connectivity index (χ0) is 20.1. The summed E-state index contributed by atoms with van der Waals surface area (Å²) in [5.74, 6) is -0.998. The van der Waals surface area contributed by atoms with Crippen molar-refractivity contribution in [3.63, 3.8) is 0 Å². The highest BCUT2D eigenvalue weighted by Gasteiger charge is 2.44. The lowest BCUT2D eigenvalue weighted by Gasteiger charge is -2.27. The van der Waals surface area contributed by atoms with E-state index < -0.39 is 11.3 Å². The Morgan fingerprint density at radius 1 is 1.11 bits per heavy atom. The van der Waals surface area contributed by atoms with E-state index in [1.807, 2.05) is 51.1 Å². The first kappa shape index (κ1) is 20.9. The van der Waals surface area contributed by atoms with E-state index in [0.717, 1.165) is 31.2 Å². The van der Waals surface area contributed by atoms with Crippen molar-refractivity contribution in [1.82, 2.24) is 10.2 Å². The average Bonchev–Trinajstić information content (AvgIpc) is 3.09. The minimum absolute atomic E-state index is 0.0719. The molecule has 6 nitrogen and oxygen atoms in total. The molecule has 0 spiro atoms. The number of amides is 2. The smallest absolute Gasteiger partial charge is 0.317 e. The molecule has 0 atom stereocenters. The second-order valence-corrected chi connectivity index (χ2v) is 8.28. The van der Waals surface area contributed by atoms with Crippen molar-refractivity contribution < 1.29 is 19.1 Å². The van der Waals surface area contributed by atoms with E-state index in [1.54, 1.807) is 0 Å². The molecule has 27 heavy (non-hydrogen) atoms. The zero-order valence-corrected chi connectivity index (χ0v) is 16.7. The Morgan fingerprint density at radius 3 is 2.26 bits per heavy atom. The molecule has 1 saturated carbocycles. The molecule has 1 aliphatic rings. The van der Waals surface area contributed by atoms with Crippen molar-refractivity contribution in [3.8, 4) is 0 Å². The van der Waals surface area contributed by atoms with Gasteiger partial charge in [-0.1, -0.05) is 43.2 Å². The standard InChI is InChI=1S/C21H30N2O4/c1-20(2,3)22-17(24)14-23(4)18(25)15-27-19(26)21(12-8-9-13-21)16-10-6-5-7-11-16/h5-7,10-11H,8-9,12-15H2,1-4H3,(H,22,24). The maximum Gasteiger partial charge on any atom is 0.317 e. The average molecular weight is 374 g/mol. The van der Waals surface area contributed by atoms with Gasteiger partial charge in [0, 0.05) is 12.6 Å². The molecular formula is C21H30N2O4. The number of nitrogens with zero attached hydrogens (tertiary/aromatic N) is 1. The van der Waals surface area contributed by atoms with Gasteiger partial charge in [0.2, 0.25) is 5.91 Å². The first-order valence-corrected chi connectivity index (χ1v) is 9.42. The van der Waals surface area contributed by atoms with Crippen molar-refractivity contribution in [2.75, 3.05) is 20.2 Å². The summed E-state index contributed by atoms with van der Waals surface area (Å²) >= 11 is 0. The fourth-order valence-electron chi connectivity index (χ4n) is 3.48. The molecule has 2 amide bonds. The van der Waals surface area contributed by atoms with Gasteiger partial charge < -0.3 is 15.0 Å². The number of rotatable bonds is 6. The van der Waals surface area contributed by atoms with Crippen molar-refractivity contribution in [1.29, 1.82) is 0 Å². The largest absolute Gasteiger partial charge is 0.455 e. The number of nitrogens with one attached hydrogen (secondary N) is 1. The Labute approximate surface area is 161 Å². The van der Waals surface area contributed by atoms with Crippen LogP contribution in [0.3, 0.4) is 0 Å². The summed E-state index contributed by atoms with van der Waals surface area (Å²) in [7, 11) is 1.53. The van der Waals surface area contributed by atoms with Crippen LogP contribution in [0.2, 0.25) is 0 Å². The lowest BCUT2D eigenvalue weighted by molar-refractivity contribution is -0.157. The van der Waals surface area contributed by atoms with E-state index in [0.29, 0.717) is 0 Å². The second kappa shape index (κ2) is 8.55. The number of likely N-dealkylation sites (N-methyl/N-ethyl adjacent to an activating group) is 1. The summed E-state index contributed by atoms with van der Waals surface area (Å²) in [4.78, 5) is 38.3. The van der Waals surface area contributed by atoms with E-state index >= 15 is 0 Å². The van der Waals surface area contributed by atoms with Crippen LogP contribution >= 0.6 is 0 Å². The number of ether oxygens (including phenoxy) is 1. The summed E-state index contributed by atoms with van der Waals surface area (Å²) in [6, 6.07) is 9.62. The number of carbonyl (C=O) groups is 3. The lowest BCUT2D eigenvalue weighted by Crippen LogP contribution is -2.47. The number of hydrogen-bond donors (Lipinski definition) is 1. The molecule has 148 valence electrons. The molecule has 6 heteroatoms. The van der Waals surface area contributed by atoms with Gasteiger partial charge in [0.1, 0.15) is 0 Å². The highest BCUT2D eigenvalue weighted by Crippen LogP contribution is 2.42. The van der Waals surface area contributed by atoms with Crippen molar-refractivity contribution in [2.24, 2.45) is 0 Å². The molecule has 0 aliphatic heterocycles. The van der Waals surface area contributed by atoms with Gasteiger partial charge in [0.05, 0.1) is 12.0 Å². The summed E-state index contributed by atoms with van der Waals surface area (Å²) in [6.45, 7) is 5.20. The fraction of sp³-hybridized carbons (Fsp3) is 0.571. The Bertz CT molecular complexity index is 673. The van der Waals surface area contributed by atoms with Crippen LogP contribution in [0.4, 0.5) is 0 Å². The molecule has 1 aromatic rings. The van der Waals surface area contributed by atoms with Crippen LogP contribution in [-0.4, -0.2) is 48.4 Å². The van der Waals surface area contributed by atoms with Crippen molar-refractivity contribution in [2.45, 2.75) is 57.4 Å². The maximum absolute atomic E-state index is 12.8. The van der Waals surface area contributed by atoms with Crippen LogP contribution in [-0.2, 0) is 24.5 Å². The molecule has 1 aliphatic carbocycles. The topological polar surface area (TPSA) is 75.7 Å². The van der Waals surface area contributed by atoms with Crippen LogP contribution in [0.5, 0.6) is 0 Å². The molecule has 0 radical (unpaired) electrons. The van der Waals surface area contributed by atoms with Crippen LogP contribution < -0.4 is 5.32 Å². The Hall–Kier alpha value is -2.37. The monoisotopic (exact) mass is 374 g/mol. The predicted molar refractivity (Wildman–Crippen MR) is 103 cm³/mol. The summed E-state index contributed by atoms with van der Waals surface area (Å²) in [5.41, 5.74) is -0.0836. The highest BCUT2D eigenvalue weighted by molar-refractivity contribution is 5.88. The lowest BCUT2D eigenvalue weighted by atomic mass is 9.79. The molecule has 0 heterocycles. The van der Waals surface area contributed by atoms with Crippen LogP contribution in [0.1, 0.15) is 52.0 Å². The van der Waals surface area contributed by atoms with Gasteiger partial charge in [0.25, 0.3) is 5.91 Å². The molecule has 2 rings (SSSR count). The first-order chi connectivity index (χ1) is 12.6. The molecular weight excluding hydrogens is 344 g/mol. The third kappa shape index (κ3) is 5.55. The summed E-state index contributed by atoms with van der Waals surface area (Å²) < 4.78 is 5.39. The Morgan fingerprint density at radius 2 is 1.70 bits per heavy atom. The van der Waals surface area contributed by atoms with Gasteiger partial charge in [-0.25, -0.2) is 0 Å². The molecule has 1 fully saturated rings. The van der Waals surface area contributed by atoms with Crippen LogP contribution in [0.15, 0.2) is 30.3 Å².